The highest BCUT2D eigenvalue weighted by atomic mass is 32.2. The van der Waals surface area contributed by atoms with E-state index in [0.29, 0.717) is 0 Å². The largest absolute Gasteiger partial charge is 0.396 e. The zero-order valence-corrected chi connectivity index (χ0v) is 5.63. The van der Waals surface area contributed by atoms with E-state index >= 15 is 0 Å². The van der Waals surface area contributed by atoms with Gasteiger partial charge in [-0.3, -0.25) is 4.55 Å². The lowest BCUT2D eigenvalue weighted by Crippen LogP contribution is -2.17. The Morgan fingerprint density at radius 1 is 1.56 bits per heavy atom. The molecule has 1 unspecified atom stereocenters. The molecule has 0 aromatic rings. The van der Waals surface area contributed by atoms with Gasteiger partial charge in [0.15, 0.2) is 0 Å². The molecule has 0 aliphatic heterocycles. The van der Waals surface area contributed by atoms with Crippen molar-refractivity contribution in [2.75, 3.05) is 6.61 Å². The van der Waals surface area contributed by atoms with Gasteiger partial charge in [-0.1, -0.05) is 0 Å². The number of hydrogen-bond donors (Lipinski definition) is 2. The summed E-state index contributed by atoms with van der Waals surface area (Å²) in [5.74, 6) is 0. The molecule has 1 radical (unpaired) electrons. The van der Waals surface area contributed by atoms with Crippen molar-refractivity contribution in [2.24, 2.45) is 0 Å². The fourth-order valence-corrected chi connectivity index (χ4v) is 0.696. The molecule has 0 fully saturated rings. The second-order valence-electron chi connectivity index (χ2n) is 1.65. The molecule has 0 spiro atoms. The molecule has 0 saturated heterocycles. The van der Waals surface area contributed by atoms with Crippen molar-refractivity contribution in [2.45, 2.75) is 11.7 Å². The zero-order chi connectivity index (χ0) is 7.49. The maximum absolute atomic E-state index is 10.1. The molecule has 1 atom stereocenters. The number of hydrogen-bond acceptors (Lipinski definition) is 3. The first-order chi connectivity index (χ1) is 3.98. The molecule has 0 bridgehead atoms. The smallest absolute Gasteiger partial charge is 0.267 e. The van der Waals surface area contributed by atoms with E-state index in [1.54, 1.807) is 0 Å². The van der Waals surface area contributed by atoms with Crippen LogP contribution in [0.25, 0.3) is 0 Å². The fraction of sp³-hybridized carbons (Fsp3) is 0.750. The molecule has 5 heteroatoms. The standard InChI is InChI=1S/C4H9O4S/c1-4(2-3-5)9(6,7)8/h4-5H,1-3H2,(H,6,7,8). The molecule has 4 nitrogen and oxygen atoms in total. The lowest BCUT2D eigenvalue weighted by atomic mass is 10.4. The maximum Gasteiger partial charge on any atom is 0.267 e. The molecular weight excluding hydrogens is 144 g/mol. The highest BCUT2D eigenvalue weighted by Crippen LogP contribution is 1.99. The number of aliphatic hydroxyl groups excluding tert-OH is 1. The maximum atomic E-state index is 10.1. The normalized spacial score (nSPS) is 15.4. The molecule has 0 saturated carbocycles. The van der Waals surface area contributed by atoms with E-state index in [4.69, 9.17) is 9.66 Å². The van der Waals surface area contributed by atoms with Crippen LogP contribution in [0.1, 0.15) is 6.42 Å². The first-order valence-electron chi connectivity index (χ1n) is 2.38. The van der Waals surface area contributed by atoms with Gasteiger partial charge in [0, 0.05) is 6.61 Å². The van der Waals surface area contributed by atoms with Gasteiger partial charge >= 0.3 is 0 Å². The van der Waals surface area contributed by atoms with Crippen LogP contribution in [0.5, 0.6) is 0 Å². The van der Waals surface area contributed by atoms with E-state index in [1.807, 2.05) is 0 Å². The van der Waals surface area contributed by atoms with Gasteiger partial charge in [0.2, 0.25) is 0 Å². The number of aliphatic hydroxyl groups is 1. The summed E-state index contributed by atoms with van der Waals surface area (Å²) in [6.07, 6.45) is -0.0289. The molecular formula is C4H9O4S. The first-order valence-corrected chi connectivity index (χ1v) is 3.89. The molecule has 0 heterocycles. The van der Waals surface area contributed by atoms with Crippen LogP contribution in [0.3, 0.4) is 0 Å². The van der Waals surface area contributed by atoms with Crippen LogP contribution in [0.15, 0.2) is 0 Å². The van der Waals surface area contributed by atoms with Crippen molar-refractivity contribution < 1.29 is 18.1 Å². The Bertz CT molecular complexity index is 159. The van der Waals surface area contributed by atoms with Crippen molar-refractivity contribution >= 4 is 10.1 Å². The van der Waals surface area contributed by atoms with Crippen molar-refractivity contribution in [1.29, 1.82) is 0 Å². The van der Waals surface area contributed by atoms with E-state index in [1.165, 1.54) is 0 Å². The van der Waals surface area contributed by atoms with Gasteiger partial charge in [-0.15, -0.1) is 0 Å². The molecule has 2 N–H and O–H groups in total. The Hall–Kier alpha value is -0.130. The van der Waals surface area contributed by atoms with Crippen LogP contribution in [0, 0.1) is 6.92 Å². The molecule has 55 valence electrons. The molecule has 0 aromatic carbocycles. The fourth-order valence-electron chi connectivity index (χ4n) is 0.293. The highest BCUT2D eigenvalue weighted by molar-refractivity contribution is 7.86. The van der Waals surface area contributed by atoms with Gasteiger partial charge in [-0.25, -0.2) is 0 Å². The second kappa shape index (κ2) is 3.14. The van der Waals surface area contributed by atoms with Crippen LogP contribution in [-0.2, 0) is 10.1 Å². The quantitative estimate of drug-likeness (QED) is 0.534. The monoisotopic (exact) mass is 153 g/mol. The summed E-state index contributed by atoms with van der Waals surface area (Å²) in [5, 5.41) is 7.08. The third-order valence-electron chi connectivity index (χ3n) is 0.872. The van der Waals surface area contributed by atoms with E-state index in [2.05, 4.69) is 6.92 Å². The summed E-state index contributed by atoms with van der Waals surface area (Å²) in [7, 11) is -4.04. The van der Waals surface area contributed by atoms with Gasteiger partial charge in [0.25, 0.3) is 10.1 Å². The Morgan fingerprint density at radius 2 is 2.00 bits per heavy atom. The average molecular weight is 153 g/mol. The van der Waals surface area contributed by atoms with Gasteiger partial charge < -0.3 is 5.11 Å². The van der Waals surface area contributed by atoms with Crippen LogP contribution >= 0.6 is 0 Å². The van der Waals surface area contributed by atoms with Crippen molar-refractivity contribution in [3.8, 4) is 0 Å². The third kappa shape index (κ3) is 3.45. The Morgan fingerprint density at radius 3 is 2.11 bits per heavy atom. The van der Waals surface area contributed by atoms with E-state index in [0.717, 1.165) is 0 Å². The lowest BCUT2D eigenvalue weighted by molar-refractivity contribution is 0.287. The molecule has 0 amide bonds. The van der Waals surface area contributed by atoms with Crippen molar-refractivity contribution in [3.63, 3.8) is 0 Å². The molecule has 9 heavy (non-hydrogen) atoms. The lowest BCUT2D eigenvalue weighted by Gasteiger charge is -2.02. The van der Waals surface area contributed by atoms with Crippen LogP contribution in [0.4, 0.5) is 0 Å². The molecule has 0 rings (SSSR count). The van der Waals surface area contributed by atoms with E-state index in [9.17, 15) is 8.42 Å². The summed E-state index contributed by atoms with van der Waals surface area (Å²) in [5.41, 5.74) is 0. The minimum atomic E-state index is -4.04. The average Bonchev–Trinajstić information content (AvgIpc) is 1.64. The van der Waals surface area contributed by atoms with Gasteiger partial charge in [0.05, 0.1) is 5.25 Å². The van der Waals surface area contributed by atoms with E-state index < -0.39 is 15.4 Å². The molecule has 0 aliphatic carbocycles. The van der Waals surface area contributed by atoms with Gasteiger partial charge in [-0.2, -0.15) is 8.42 Å². The minimum Gasteiger partial charge on any atom is -0.396 e. The summed E-state index contributed by atoms with van der Waals surface area (Å²) in [6.45, 7) is 2.82. The topological polar surface area (TPSA) is 74.6 Å². The van der Waals surface area contributed by atoms with Gasteiger partial charge in [-0.05, 0) is 13.3 Å². The molecule has 0 aromatic heterocycles. The Kier molecular flexibility index (Phi) is 3.10. The zero-order valence-electron chi connectivity index (χ0n) is 4.82. The number of rotatable bonds is 3. The second-order valence-corrected chi connectivity index (χ2v) is 3.35. The Labute approximate surface area is 54.3 Å². The summed E-state index contributed by atoms with van der Waals surface area (Å²) in [6, 6.07) is 0. The van der Waals surface area contributed by atoms with Crippen molar-refractivity contribution in [3.05, 3.63) is 6.92 Å². The predicted molar refractivity (Wildman–Crippen MR) is 32.4 cm³/mol. The Balaban J connectivity index is 3.90. The summed E-state index contributed by atoms with van der Waals surface area (Å²) in [4.78, 5) is 0. The summed E-state index contributed by atoms with van der Waals surface area (Å²) >= 11 is 0. The van der Waals surface area contributed by atoms with Crippen LogP contribution in [0.2, 0.25) is 0 Å². The van der Waals surface area contributed by atoms with E-state index in [-0.39, 0.29) is 13.0 Å². The molecule has 0 aliphatic rings. The van der Waals surface area contributed by atoms with Crippen LogP contribution in [-0.4, -0.2) is 29.9 Å². The first kappa shape index (κ1) is 8.87. The SMILES string of the molecule is [CH2]C(CCO)S(=O)(=O)O. The highest BCUT2D eigenvalue weighted by Gasteiger charge is 2.15. The summed E-state index contributed by atoms with van der Waals surface area (Å²) < 4.78 is 28.4. The van der Waals surface area contributed by atoms with Crippen molar-refractivity contribution in [1.82, 2.24) is 0 Å². The third-order valence-corrected chi connectivity index (χ3v) is 1.95. The predicted octanol–water partition coefficient (Wildman–Crippen LogP) is -0.541. The minimum absolute atomic E-state index is 0.0289. The van der Waals surface area contributed by atoms with Crippen LogP contribution < -0.4 is 0 Å². The van der Waals surface area contributed by atoms with Gasteiger partial charge in [0.1, 0.15) is 0 Å².